The van der Waals surface area contributed by atoms with Gasteiger partial charge in [-0.25, -0.2) is 0 Å². The van der Waals surface area contributed by atoms with Gasteiger partial charge in [0.2, 0.25) is 0 Å². The summed E-state index contributed by atoms with van der Waals surface area (Å²) < 4.78 is 4.74. The second-order valence-corrected chi connectivity index (χ2v) is 2.41. The summed E-state index contributed by atoms with van der Waals surface area (Å²) in [6.07, 6.45) is 7.00. The van der Waals surface area contributed by atoms with E-state index in [9.17, 15) is 0 Å². The number of terminal acetylenes is 1. The Morgan fingerprint density at radius 2 is 2.18 bits per heavy atom. The molecular weight excluding hydrogens is 160 g/mol. The lowest BCUT2D eigenvalue weighted by molar-refractivity contribution is 0.265. The fourth-order valence-corrected chi connectivity index (χ4v) is 0.925. The van der Waals surface area contributed by atoms with Crippen LogP contribution in [0.1, 0.15) is 5.56 Å². The summed E-state index contributed by atoms with van der Waals surface area (Å²) in [7, 11) is 0. The molecule has 1 nitrogen and oxygen atoms in total. The summed E-state index contributed by atoms with van der Waals surface area (Å²) in [4.78, 5) is 0. The average Bonchev–Trinajstić information content (AvgIpc) is 2.03. The average molecular weight is 167 g/mol. The van der Waals surface area contributed by atoms with Gasteiger partial charge in [0.25, 0.3) is 0 Å². The highest BCUT2D eigenvalue weighted by molar-refractivity contribution is 6.31. The van der Waals surface area contributed by atoms with Gasteiger partial charge in [0.1, 0.15) is 12.7 Å². The molecule has 0 saturated carbocycles. The van der Waals surface area contributed by atoms with Crippen molar-refractivity contribution in [2.75, 3.05) is 0 Å². The maximum atomic E-state index is 5.81. The van der Waals surface area contributed by atoms with Crippen LogP contribution in [0.4, 0.5) is 0 Å². The van der Waals surface area contributed by atoms with Gasteiger partial charge in [0, 0.05) is 10.6 Å². The van der Waals surface area contributed by atoms with Crippen LogP contribution in [0.15, 0.2) is 24.3 Å². The van der Waals surface area contributed by atoms with Gasteiger partial charge in [-0.1, -0.05) is 36.2 Å². The van der Waals surface area contributed by atoms with E-state index in [1.165, 1.54) is 0 Å². The van der Waals surface area contributed by atoms with Crippen molar-refractivity contribution in [3.8, 4) is 12.5 Å². The summed E-state index contributed by atoms with van der Waals surface area (Å²) in [5.74, 6) is 0. The van der Waals surface area contributed by atoms with Crippen LogP contribution in [0.3, 0.4) is 0 Å². The lowest BCUT2D eigenvalue weighted by Crippen LogP contribution is -1.86. The minimum absolute atomic E-state index is 0.371. The Kier molecular flexibility index (Phi) is 2.83. The molecule has 0 saturated heterocycles. The van der Waals surface area contributed by atoms with E-state index >= 15 is 0 Å². The predicted octanol–water partition coefficient (Wildman–Crippen LogP) is 2.45. The third kappa shape index (κ3) is 2.18. The first-order valence-electron chi connectivity index (χ1n) is 3.15. The Morgan fingerprint density at radius 1 is 1.45 bits per heavy atom. The SMILES string of the molecule is C#COCc1ccccc1Cl. The van der Waals surface area contributed by atoms with Crippen molar-refractivity contribution in [3.63, 3.8) is 0 Å². The van der Waals surface area contributed by atoms with Crippen molar-refractivity contribution in [2.24, 2.45) is 0 Å². The zero-order valence-corrected chi connectivity index (χ0v) is 6.64. The summed E-state index contributed by atoms with van der Waals surface area (Å²) in [5.41, 5.74) is 0.909. The molecule has 0 spiro atoms. The third-order valence-corrected chi connectivity index (χ3v) is 1.64. The van der Waals surface area contributed by atoms with Crippen LogP contribution >= 0.6 is 11.6 Å². The van der Waals surface area contributed by atoms with Crippen molar-refractivity contribution in [2.45, 2.75) is 6.61 Å². The minimum atomic E-state index is 0.371. The molecule has 0 aliphatic heterocycles. The highest BCUT2D eigenvalue weighted by Crippen LogP contribution is 2.15. The molecule has 0 heterocycles. The largest absolute Gasteiger partial charge is 0.442 e. The van der Waals surface area contributed by atoms with E-state index in [1.54, 1.807) is 6.07 Å². The van der Waals surface area contributed by atoms with Crippen molar-refractivity contribution >= 4 is 11.6 Å². The van der Waals surface area contributed by atoms with E-state index in [4.69, 9.17) is 22.8 Å². The van der Waals surface area contributed by atoms with E-state index in [0.717, 1.165) is 5.56 Å². The van der Waals surface area contributed by atoms with Crippen LogP contribution in [0.5, 0.6) is 0 Å². The molecule has 1 rings (SSSR count). The first-order chi connectivity index (χ1) is 5.34. The highest BCUT2D eigenvalue weighted by Gasteiger charge is 1.96. The van der Waals surface area contributed by atoms with Crippen LogP contribution in [0.25, 0.3) is 0 Å². The second kappa shape index (κ2) is 3.90. The summed E-state index contributed by atoms with van der Waals surface area (Å²) in [5, 5.41) is 0.683. The molecule has 56 valence electrons. The van der Waals surface area contributed by atoms with Gasteiger partial charge in [0.05, 0.1) is 0 Å². The monoisotopic (exact) mass is 166 g/mol. The van der Waals surface area contributed by atoms with Gasteiger partial charge in [-0.3, -0.25) is 0 Å². The number of hydrogen-bond acceptors (Lipinski definition) is 1. The standard InChI is InChI=1S/C9H7ClO/c1-2-11-7-8-5-3-4-6-9(8)10/h1,3-6H,7H2. The van der Waals surface area contributed by atoms with Gasteiger partial charge in [-0.15, -0.1) is 0 Å². The summed E-state index contributed by atoms with van der Waals surface area (Å²) in [6, 6.07) is 7.43. The normalized spacial score (nSPS) is 8.73. The Morgan fingerprint density at radius 3 is 2.82 bits per heavy atom. The topological polar surface area (TPSA) is 9.23 Å². The molecular formula is C9H7ClO. The summed E-state index contributed by atoms with van der Waals surface area (Å²) in [6.45, 7) is 0.371. The van der Waals surface area contributed by atoms with Gasteiger partial charge in [-0.2, -0.15) is 0 Å². The molecule has 0 aliphatic rings. The van der Waals surface area contributed by atoms with E-state index < -0.39 is 0 Å². The molecule has 0 N–H and O–H groups in total. The van der Waals surface area contributed by atoms with Crippen molar-refractivity contribution in [3.05, 3.63) is 34.9 Å². The molecule has 1 aromatic carbocycles. The van der Waals surface area contributed by atoms with E-state index in [2.05, 4.69) is 6.11 Å². The van der Waals surface area contributed by atoms with Crippen molar-refractivity contribution < 1.29 is 4.74 Å². The molecule has 0 unspecified atom stereocenters. The number of benzene rings is 1. The number of ether oxygens (including phenoxy) is 1. The second-order valence-electron chi connectivity index (χ2n) is 2.00. The van der Waals surface area contributed by atoms with Crippen molar-refractivity contribution in [1.29, 1.82) is 0 Å². The molecule has 0 radical (unpaired) electrons. The molecule has 0 fully saturated rings. The summed E-state index contributed by atoms with van der Waals surface area (Å²) >= 11 is 5.81. The van der Waals surface area contributed by atoms with E-state index in [0.29, 0.717) is 11.6 Å². The first-order valence-corrected chi connectivity index (χ1v) is 3.53. The van der Waals surface area contributed by atoms with Gasteiger partial charge in [-0.05, 0) is 6.07 Å². The Balaban J connectivity index is 2.71. The predicted molar refractivity (Wildman–Crippen MR) is 45.1 cm³/mol. The van der Waals surface area contributed by atoms with Gasteiger partial charge in [0.15, 0.2) is 0 Å². The molecule has 0 atom stereocenters. The molecule has 0 bridgehead atoms. The maximum absolute atomic E-state index is 5.81. The van der Waals surface area contributed by atoms with Crippen LogP contribution < -0.4 is 0 Å². The number of rotatable bonds is 2. The van der Waals surface area contributed by atoms with Crippen LogP contribution in [-0.2, 0) is 11.3 Å². The zero-order chi connectivity index (χ0) is 8.10. The smallest absolute Gasteiger partial charge is 0.127 e. The quantitative estimate of drug-likeness (QED) is 0.614. The highest BCUT2D eigenvalue weighted by atomic mass is 35.5. The Bertz CT molecular complexity index is 275. The molecule has 0 aromatic heterocycles. The van der Waals surface area contributed by atoms with Crippen LogP contribution in [0, 0.1) is 12.5 Å². The zero-order valence-electron chi connectivity index (χ0n) is 5.88. The van der Waals surface area contributed by atoms with E-state index in [-0.39, 0.29) is 0 Å². The van der Waals surface area contributed by atoms with Crippen molar-refractivity contribution in [1.82, 2.24) is 0 Å². The molecule has 0 aliphatic carbocycles. The maximum Gasteiger partial charge on any atom is 0.127 e. The third-order valence-electron chi connectivity index (χ3n) is 1.27. The number of hydrogen-bond donors (Lipinski definition) is 0. The molecule has 0 amide bonds. The van der Waals surface area contributed by atoms with Crippen LogP contribution in [0.2, 0.25) is 5.02 Å². The Hall–Kier alpha value is -1.13. The number of halogens is 1. The lowest BCUT2D eigenvalue weighted by atomic mass is 10.2. The van der Waals surface area contributed by atoms with Gasteiger partial charge >= 0.3 is 0 Å². The molecule has 2 heteroatoms. The van der Waals surface area contributed by atoms with Gasteiger partial charge < -0.3 is 4.74 Å². The van der Waals surface area contributed by atoms with Crippen LogP contribution in [-0.4, -0.2) is 0 Å². The fourth-order valence-electron chi connectivity index (χ4n) is 0.735. The minimum Gasteiger partial charge on any atom is -0.442 e. The van der Waals surface area contributed by atoms with E-state index in [1.807, 2.05) is 18.2 Å². The lowest BCUT2D eigenvalue weighted by Gasteiger charge is -1.99. The fraction of sp³-hybridized carbons (Fsp3) is 0.111. The molecule has 1 aromatic rings. The first kappa shape index (κ1) is 7.97. The molecule has 11 heavy (non-hydrogen) atoms. The Labute approximate surface area is 70.9 Å².